The van der Waals surface area contributed by atoms with Crippen molar-refractivity contribution in [1.29, 1.82) is 0 Å². The number of rotatable bonds is 4. The van der Waals surface area contributed by atoms with Crippen LogP contribution in [-0.2, 0) is 20.5 Å². The van der Waals surface area contributed by atoms with Crippen LogP contribution >= 0.6 is 0 Å². The van der Waals surface area contributed by atoms with Gasteiger partial charge in [0.05, 0.1) is 4.92 Å². The minimum atomic E-state index is -0.918. The monoisotopic (exact) mass is 315 g/mol. The average Bonchev–Trinajstić information content (AvgIpc) is 2.55. The van der Waals surface area contributed by atoms with Crippen molar-refractivity contribution in [3.8, 4) is 0 Å². The standard InChI is InChI=1S/C16H17N3O4/c1-4-11-5-7-12(8-6-11)9-10-13-14(19(22)23)15(20)18(3)16(21)17(13)2/h5-10H,4H2,1-3H3/b10-9+. The van der Waals surface area contributed by atoms with Gasteiger partial charge in [-0.05, 0) is 23.6 Å². The summed E-state index contributed by atoms with van der Waals surface area (Å²) in [6, 6.07) is 7.66. The number of benzene rings is 1. The summed E-state index contributed by atoms with van der Waals surface area (Å²) < 4.78 is 1.82. The zero-order valence-corrected chi connectivity index (χ0v) is 13.1. The minimum Gasteiger partial charge on any atom is -0.291 e. The van der Waals surface area contributed by atoms with Gasteiger partial charge in [-0.15, -0.1) is 0 Å². The van der Waals surface area contributed by atoms with Gasteiger partial charge in [0.1, 0.15) is 5.69 Å². The molecule has 2 aromatic rings. The van der Waals surface area contributed by atoms with Gasteiger partial charge in [0.25, 0.3) is 0 Å². The topological polar surface area (TPSA) is 87.1 Å². The van der Waals surface area contributed by atoms with Crippen molar-refractivity contribution in [1.82, 2.24) is 9.13 Å². The zero-order valence-electron chi connectivity index (χ0n) is 13.1. The number of nitrogens with zero attached hydrogens (tertiary/aromatic N) is 3. The van der Waals surface area contributed by atoms with Gasteiger partial charge in [0, 0.05) is 14.1 Å². The fourth-order valence-electron chi connectivity index (χ4n) is 2.24. The number of hydrogen-bond acceptors (Lipinski definition) is 4. The van der Waals surface area contributed by atoms with Gasteiger partial charge >= 0.3 is 16.9 Å². The first-order chi connectivity index (χ1) is 10.9. The summed E-state index contributed by atoms with van der Waals surface area (Å²) in [4.78, 5) is 34.4. The largest absolute Gasteiger partial charge is 0.357 e. The highest BCUT2D eigenvalue weighted by Crippen LogP contribution is 2.15. The molecule has 1 heterocycles. The Bertz CT molecular complexity index is 889. The van der Waals surface area contributed by atoms with E-state index in [1.165, 1.54) is 25.7 Å². The Kier molecular flexibility index (Phi) is 4.59. The second kappa shape index (κ2) is 6.43. The first-order valence-electron chi connectivity index (χ1n) is 7.08. The molecule has 0 bridgehead atoms. The number of aromatic nitrogens is 2. The van der Waals surface area contributed by atoms with Crippen LogP contribution in [-0.4, -0.2) is 14.1 Å². The molecule has 0 saturated carbocycles. The van der Waals surface area contributed by atoms with E-state index in [2.05, 4.69) is 0 Å². The Labute approximate surface area is 132 Å². The number of hydrogen-bond donors (Lipinski definition) is 0. The van der Waals surface area contributed by atoms with E-state index in [1.54, 1.807) is 6.08 Å². The van der Waals surface area contributed by atoms with Crippen LogP contribution < -0.4 is 11.2 Å². The molecule has 0 saturated heterocycles. The van der Waals surface area contributed by atoms with Crippen LogP contribution in [0.4, 0.5) is 5.69 Å². The molecular weight excluding hydrogens is 298 g/mol. The van der Waals surface area contributed by atoms with Gasteiger partial charge in [0.15, 0.2) is 0 Å². The van der Waals surface area contributed by atoms with Crippen LogP contribution in [0.5, 0.6) is 0 Å². The van der Waals surface area contributed by atoms with E-state index in [9.17, 15) is 19.7 Å². The molecular formula is C16H17N3O4. The van der Waals surface area contributed by atoms with Crippen LogP contribution in [0, 0.1) is 10.1 Å². The lowest BCUT2D eigenvalue weighted by molar-refractivity contribution is -0.387. The van der Waals surface area contributed by atoms with Gasteiger partial charge in [-0.3, -0.25) is 24.0 Å². The molecule has 7 nitrogen and oxygen atoms in total. The minimum absolute atomic E-state index is 0.0253. The molecule has 0 radical (unpaired) electrons. The Morgan fingerprint density at radius 3 is 2.22 bits per heavy atom. The maximum absolute atomic E-state index is 12.0. The molecule has 7 heteroatoms. The molecule has 0 atom stereocenters. The smallest absolute Gasteiger partial charge is 0.291 e. The van der Waals surface area contributed by atoms with Gasteiger partial charge < -0.3 is 0 Å². The molecule has 1 aromatic carbocycles. The summed E-state index contributed by atoms with van der Waals surface area (Å²) in [6.07, 6.45) is 3.97. The van der Waals surface area contributed by atoms with E-state index in [4.69, 9.17) is 0 Å². The Hall–Kier alpha value is -2.96. The molecule has 0 aliphatic rings. The van der Waals surface area contributed by atoms with Crippen molar-refractivity contribution < 1.29 is 4.92 Å². The molecule has 1 aromatic heterocycles. The Morgan fingerprint density at radius 1 is 1.09 bits per heavy atom. The van der Waals surface area contributed by atoms with E-state index >= 15 is 0 Å². The summed E-state index contributed by atoms with van der Waals surface area (Å²) >= 11 is 0. The van der Waals surface area contributed by atoms with E-state index in [0.717, 1.165) is 21.1 Å². The van der Waals surface area contributed by atoms with Gasteiger partial charge in [0.2, 0.25) is 0 Å². The molecule has 0 unspecified atom stereocenters. The molecule has 0 aliphatic carbocycles. The summed E-state index contributed by atoms with van der Waals surface area (Å²) in [5.74, 6) is 0. The van der Waals surface area contributed by atoms with Crippen LogP contribution in [0.15, 0.2) is 33.9 Å². The summed E-state index contributed by atoms with van der Waals surface area (Å²) in [7, 11) is 2.61. The lowest BCUT2D eigenvalue weighted by Gasteiger charge is -2.07. The maximum Gasteiger partial charge on any atom is 0.357 e. The van der Waals surface area contributed by atoms with Crippen molar-refractivity contribution in [3.63, 3.8) is 0 Å². The van der Waals surface area contributed by atoms with Crippen molar-refractivity contribution >= 4 is 17.8 Å². The molecule has 2 rings (SSSR count). The first kappa shape index (κ1) is 16.4. The predicted molar refractivity (Wildman–Crippen MR) is 88.3 cm³/mol. The summed E-state index contributed by atoms with van der Waals surface area (Å²) in [5.41, 5.74) is -0.168. The fraction of sp³-hybridized carbons (Fsp3) is 0.250. The van der Waals surface area contributed by atoms with Gasteiger partial charge in [-0.2, -0.15) is 0 Å². The third kappa shape index (κ3) is 3.13. The van der Waals surface area contributed by atoms with Crippen molar-refractivity contribution in [2.45, 2.75) is 13.3 Å². The van der Waals surface area contributed by atoms with E-state index in [1.807, 2.05) is 31.2 Å². The number of aryl methyl sites for hydroxylation is 1. The van der Waals surface area contributed by atoms with Crippen LogP contribution in [0.2, 0.25) is 0 Å². The average molecular weight is 315 g/mol. The molecule has 0 N–H and O–H groups in total. The maximum atomic E-state index is 12.0. The second-order valence-electron chi connectivity index (χ2n) is 5.13. The highest BCUT2D eigenvalue weighted by molar-refractivity contribution is 5.72. The summed E-state index contributed by atoms with van der Waals surface area (Å²) in [6.45, 7) is 2.05. The molecule has 0 spiro atoms. The molecule has 120 valence electrons. The van der Waals surface area contributed by atoms with Crippen LogP contribution in [0.25, 0.3) is 12.2 Å². The zero-order chi connectivity index (χ0) is 17.1. The fourth-order valence-corrected chi connectivity index (χ4v) is 2.24. The quantitative estimate of drug-likeness (QED) is 0.635. The lowest BCUT2D eigenvalue weighted by atomic mass is 10.1. The van der Waals surface area contributed by atoms with Crippen molar-refractivity contribution in [2.24, 2.45) is 14.1 Å². The Morgan fingerprint density at radius 2 is 1.70 bits per heavy atom. The van der Waals surface area contributed by atoms with Gasteiger partial charge in [-0.1, -0.05) is 37.3 Å². The second-order valence-corrected chi connectivity index (χ2v) is 5.13. The molecule has 0 aliphatic heterocycles. The summed E-state index contributed by atoms with van der Waals surface area (Å²) in [5, 5.41) is 11.2. The number of nitro groups is 1. The molecule has 0 fully saturated rings. The third-order valence-corrected chi connectivity index (χ3v) is 3.69. The highest BCUT2D eigenvalue weighted by Gasteiger charge is 2.23. The van der Waals surface area contributed by atoms with E-state index in [0.29, 0.717) is 0 Å². The van der Waals surface area contributed by atoms with Crippen molar-refractivity contribution in [2.75, 3.05) is 0 Å². The van der Waals surface area contributed by atoms with Gasteiger partial charge in [-0.25, -0.2) is 4.79 Å². The Balaban J connectivity index is 2.58. The van der Waals surface area contributed by atoms with Crippen molar-refractivity contribution in [3.05, 3.63) is 72.0 Å². The lowest BCUT2D eigenvalue weighted by Crippen LogP contribution is -2.39. The third-order valence-electron chi connectivity index (χ3n) is 3.69. The SMILES string of the molecule is CCc1ccc(/C=C/c2c([N+](=O)[O-])c(=O)n(C)c(=O)n2C)cc1. The van der Waals surface area contributed by atoms with E-state index in [-0.39, 0.29) is 5.69 Å². The normalized spacial score (nSPS) is 11.1. The van der Waals surface area contributed by atoms with Crippen LogP contribution in [0.3, 0.4) is 0 Å². The first-order valence-corrected chi connectivity index (χ1v) is 7.08. The molecule has 0 amide bonds. The molecule has 23 heavy (non-hydrogen) atoms. The predicted octanol–water partition coefficient (Wildman–Crippen LogP) is 1.73. The van der Waals surface area contributed by atoms with E-state index < -0.39 is 21.9 Å². The van der Waals surface area contributed by atoms with Crippen LogP contribution in [0.1, 0.15) is 23.7 Å². The highest BCUT2D eigenvalue weighted by atomic mass is 16.6.